The highest BCUT2D eigenvalue weighted by Crippen LogP contribution is 2.18. The standard InChI is InChI=1S/C14H12O2.C5H8O2/c1-9(15)11-3-5-14-8-12(10(2)16)4-6-13(14)7-11;1-4(6)3-5(2)7/h3-8H,1-2H3;3H2,1-2H3. The van der Waals surface area contributed by atoms with E-state index >= 15 is 0 Å². The molecule has 0 fully saturated rings. The third-order valence-electron chi connectivity index (χ3n) is 3.15. The molecule has 0 unspecified atom stereocenters. The molecule has 0 amide bonds. The van der Waals surface area contributed by atoms with Gasteiger partial charge >= 0.3 is 0 Å². The van der Waals surface area contributed by atoms with Gasteiger partial charge in [0.25, 0.3) is 0 Å². The van der Waals surface area contributed by atoms with Crippen LogP contribution in [-0.4, -0.2) is 23.1 Å². The maximum Gasteiger partial charge on any atom is 0.159 e. The first kappa shape index (κ1) is 18.4. The van der Waals surface area contributed by atoms with E-state index in [1.54, 1.807) is 26.0 Å². The number of Topliss-reactive ketones (excluding diaryl/α,β-unsaturated/α-hetero) is 4. The molecule has 0 aromatic heterocycles. The van der Waals surface area contributed by atoms with Gasteiger partial charge in [-0.25, -0.2) is 0 Å². The van der Waals surface area contributed by atoms with Crippen LogP contribution in [0.4, 0.5) is 0 Å². The van der Waals surface area contributed by atoms with Crippen molar-refractivity contribution in [2.24, 2.45) is 0 Å². The van der Waals surface area contributed by atoms with Crippen molar-refractivity contribution in [3.05, 3.63) is 47.5 Å². The molecule has 0 heterocycles. The zero-order valence-corrected chi connectivity index (χ0v) is 13.8. The lowest BCUT2D eigenvalue weighted by Crippen LogP contribution is -1.97. The second-order valence-electron chi connectivity index (χ2n) is 5.47. The van der Waals surface area contributed by atoms with E-state index in [4.69, 9.17) is 0 Å². The predicted octanol–water partition coefficient (Wildman–Crippen LogP) is 3.80. The number of carbonyl (C=O) groups is 4. The molecule has 0 aliphatic heterocycles. The quantitative estimate of drug-likeness (QED) is 0.636. The Morgan fingerprint density at radius 3 is 1.22 bits per heavy atom. The molecule has 0 aliphatic carbocycles. The summed E-state index contributed by atoms with van der Waals surface area (Å²) < 4.78 is 0. The van der Waals surface area contributed by atoms with Crippen LogP contribution in [0, 0.1) is 0 Å². The summed E-state index contributed by atoms with van der Waals surface area (Å²) in [5, 5.41) is 1.97. The fraction of sp³-hybridized carbons (Fsp3) is 0.263. The molecule has 0 atom stereocenters. The third kappa shape index (κ3) is 5.94. The second-order valence-corrected chi connectivity index (χ2v) is 5.47. The highest BCUT2D eigenvalue weighted by atomic mass is 16.1. The van der Waals surface area contributed by atoms with Crippen LogP contribution in [-0.2, 0) is 9.59 Å². The number of ketones is 4. The molecular weight excluding hydrogens is 292 g/mol. The fourth-order valence-electron chi connectivity index (χ4n) is 2.03. The molecule has 0 bridgehead atoms. The zero-order valence-electron chi connectivity index (χ0n) is 13.8. The van der Waals surface area contributed by atoms with Crippen molar-refractivity contribution in [3.63, 3.8) is 0 Å². The van der Waals surface area contributed by atoms with Crippen LogP contribution in [0.1, 0.15) is 54.8 Å². The van der Waals surface area contributed by atoms with Gasteiger partial charge in [-0.05, 0) is 50.6 Å². The van der Waals surface area contributed by atoms with Crippen molar-refractivity contribution in [1.82, 2.24) is 0 Å². The first-order valence-electron chi connectivity index (χ1n) is 7.25. The molecule has 2 rings (SSSR count). The van der Waals surface area contributed by atoms with Crippen LogP contribution >= 0.6 is 0 Å². The Labute approximate surface area is 135 Å². The average Bonchev–Trinajstić information content (AvgIpc) is 2.45. The molecule has 0 aliphatic rings. The largest absolute Gasteiger partial charge is 0.300 e. The van der Waals surface area contributed by atoms with Crippen molar-refractivity contribution < 1.29 is 19.2 Å². The maximum absolute atomic E-state index is 11.2. The Bertz CT molecular complexity index is 707. The highest BCUT2D eigenvalue weighted by molar-refractivity contribution is 6.01. The molecular formula is C19H20O4. The van der Waals surface area contributed by atoms with Crippen molar-refractivity contribution in [3.8, 4) is 0 Å². The Morgan fingerprint density at radius 2 is 1.00 bits per heavy atom. The normalized spacial score (nSPS) is 9.74. The molecule has 120 valence electrons. The lowest BCUT2D eigenvalue weighted by Gasteiger charge is -2.02. The lowest BCUT2D eigenvalue weighted by molar-refractivity contribution is -0.124. The van der Waals surface area contributed by atoms with E-state index in [0.717, 1.165) is 10.8 Å². The Morgan fingerprint density at radius 1 is 0.652 bits per heavy atom. The van der Waals surface area contributed by atoms with Crippen molar-refractivity contribution >= 4 is 33.9 Å². The first-order chi connectivity index (χ1) is 10.7. The van der Waals surface area contributed by atoms with Crippen LogP contribution in [0.3, 0.4) is 0 Å². The topological polar surface area (TPSA) is 68.3 Å². The Hall–Kier alpha value is -2.62. The average molecular weight is 312 g/mol. The molecule has 4 heteroatoms. The van der Waals surface area contributed by atoms with Crippen molar-refractivity contribution in [1.29, 1.82) is 0 Å². The Kier molecular flexibility index (Phi) is 6.51. The molecule has 2 aromatic rings. The maximum atomic E-state index is 11.2. The van der Waals surface area contributed by atoms with E-state index in [1.165, 1.54) is 13.8 Å². The van der Waals surface area contributed by atoms with Gasteiger partial charge in [0.15, 0.2) is 11.6 Å². The van der Waals surface area contributed by atoms with Gasteiger partial charge in [-0.1, -0.05) is 24.3 Å². The summed E-state index contributed by atoms with van der Waals surface area (Å²) >= 11 is 0. The van der Waals surface area contributed by atoms with Crippen LogP contribution in [0.25, 0.3) is 10.8 Å². The summed E-state index contributed by atoms with van der Waals surface area (Å²) in [7, 11) is 0. The number of hydrogen-bond acceptors (Lipinski definition) is 4. The zero-order chi connectivity index (χ0) is 17.6. The van der Waals surface area contributed by atoms with Crippen LogP contribution < -0.4 is 0 Å². The molecule has 0 saturated carbocycles. The number of benzene rings is 2. The van der Waals surface area contributed by atoms with Gasteiger partial charge in [-0.2, -0.15) is 0 Å². The SMILES string of the molecule is CC(=O)CC(C)=O.CC(=O)c1ccc2cc(C(C)=O)ccc2c1. The van der Waals surface area contributed by atoms with Gasteiger partial charge in [-0.3, -0.25) is 19.2 Å². The van der Waals surface area contributed by atoms with Gasteiger partial charge in [0.2, 0.25) is 0 Å². The summed E-state index contributed by atoms with van der Waals surface area (Å²) in [6.07, 6.45) is 0.0833. The van der Waals surface area contributed by atoms with E-state index < -0.39 is 0 Å². The predicted molar refractivity (Wildman–Crippen MR) is 89.9 cm³/mol. The van der Waals surface area contributed by atoms with Crippen LogP contribution in [0.5, 0.6) is 0 Å². The molecule has 2 aromatic carbocycles. The van der Waals surface area contributed by atoms with Crippen LogP contribution in [0.15, 0.2) is 36.4 Å². The minimum absolute atomic E-state index is 0.0533. The molecule has 0 spiro atoms. The number of hydrogen-bond donors (Lipinski definition) is 0. The fourth-order valence-corrected chi connectivity index (χ4v) is 2.03. The van der Waals surface area contributed by atoms with Gasteiger partial charge in [0.1, 0.15) is 11.6 Å². The van der Waals surface area contributed by atoms with E-state index in [1.807, 2.05) is 24.3 Å². The minimum Gasteiger partial charge on any atom is -0.300 e. The lowest BCUT2D eigenvalue weighted by atomic mass is 10.0. The summed E-state index contributed by atoms with van der Waals surface area (Å²) in [6, 6.07) is 11.0. The third-order valence-corrected chi connectivity index (χ3v) is 3.15. The molecule has 0 N–H and O–H groups in total. The number of rotatable bonds is 4. The first-order valence-corrected chi connectivity index (χ1v) is 7.25. The summed E-state index contributed by atoms with van der Waals surface area (Å²) in [4.78, 5) is 42.5. The summed E-state index contributed by atoms with van der Waals surface area (Å²) in [6.45, 7) is 5.90. The van der Waals surface area contributed by atoms with Gasteiger partial charge in [0, 0.05) is 11.1 Å². The Balaban J connectivity index is 0.000000322. The van der Waals surface area contributed by atoms with Gasteiger partial charge in [-0.15, -0.1) is 0 Å². The molecule has 0 saturated heterocycles. The van der Waals surface area contributed by atoms with Gasteiger partial charge < -0.3 is 0 Å². The van der Waals surface area contributed by atoms with Crippen molar-refractivity contribution in [2.45, 2.75) is 34.1 Å². The highest BCUT2D eigenvalue weighted by Gasteiger charge is 2.03. The minimum atomic E-state index is -0.0625. The van der Waals surface area contributed by atoms with Crippen LogP contribution in [0.2, 0.25) is 0 Å². The van der Waals surface area contributed by atoms with Gasteiger partial charge in [0.05, 0.1) is 6.42 Å². The van der Waals surface area contributed by atoms with E-state index in [9.17, 15) is 19.2 Å². The number of fused-ring (bicyclic) bond motifs is 1. The molecule has 0 radical (unpaired) electrons. The van der Waals surface area contributed by atoms with E-state index in [0.29, 0.717) is 11.1 Å². The number of carbonyl (C=O) groups excluding carboxylic acids is 4. The van der Waals surface area contributed by atoms with E-state index in [-0.39, 0.29) is 29.6 Å². The van der Waals surface area contributed by atoms with Crippen molar-refractivity contribution in [2.75, 3.05) is 0 Å². The smallest absolute Gasteiger partial charge is 0.159 e. The molecule has 4 nitrogen and oxygen atoms in total. The monoisotopic (exact) mass is 312 g/mol. The second kappa shape index (κ2) is 8.13. The summed E-state index contributed by atoms with van der Waals surface area (Å²) in [5.74, 6) is -0.0184. The molecule has 23 heavy (non-hydrogen) atoms. The van der Waals surface area contributed by atoms with E-state index in [2.05, 4.69) is 0 Å². The summed E-state index contributed by atoms with van der Waals surface area (Å²) in [5.41, 5.74) is 1.39.